The van der Waals surface area contributed by atoms with E-state index in [-0.39, 0.29) is 35.7 Å². The van der Waals surface area contributed by atoms with Gasteiger partial charge >= 0.3 is 5.97 Å². The summed E-state index contributed by atoms with van der Waals surface area (Å²) < 4.78 is 7.20. The Morgan fingerprint density at radius 2 is 1.61 bits per heavy atom. The molecular weight excluding hydrogens is 516 g/mol. The molecule has 4 unspecified atom stereocenters. The van der Waals surface area contributed by atoms with E-state index in [1.54, 1.807) is 6.92 Å². The van der Waals surface area contributed by atoms with E-state index in [2.05, 4.69) is 15.0 Å². The van der Waals surface area contributed by atoms with Gasteiger partial charge in [0.2, 0.25) is 5.71 Å². The molecule has 4 aliphatic rings. The molecule has 8 heteroatoms. The van der Waals surface area contributed by atoms with Crippen LogP contribution in [-0.4, -0.2) is 57.0 Å². The number of aromatic nitrogens is 2. The maximum absolute atomic E-state index is 14.3. The Kier molecular flexibility index (Phi) is 8.47. The van der Waals surface area contributed by atoms with E-state index in [0.29, 0.717) is 23.6 Å². The van der Waals surface area contributed by atoms with Crippen LogP contribution in [0.5, 0.6) is 0 Å². The number of carbonyl (C=O) groups excluding carboxylic acids is 1. The highest BCUT2D eigenvalue weighted by Gasteiger charge is 2.45. The van der Waals surface area contributed by atoms with Crippen LogP contribution in [0.2, 0.25) is 0 Å². The van der Waals surface area contributed by atoms with E-state index in [0.717, 1.165) is 30.2 Å². The number of para-hydroxylation sites is 2. The summed E-state index contributed by atoms with van der Waals surface area (Å²) >= 11 is 0. The Bertz CT molecular complexity index is 1310. The number of esters is 1. The van der Waals surface area contributed by atoms with Crippen molar-refractivity contribution in [2.45, 2.75) is 128 Å². The van der Waals surface area contributed by atoms with Gasteiger partial charge in [-0.15, -0.1) is 0 Å². The van der Waals surface area contributed by atoms with Gasteiger partial charge in [0.1, 0.15) is 6.10 Å². The molecule has 2 saturated carbocycles. The second-order valence-corrected chi connectivity index (χ2v) is 13.1. The number of ether oxygens (including phenoxy) is 1. The zero-order chi connectivity index (χ0) is 28.5. The first-order chi connectivity index (χ1) is 19.9. The van der Waals surface area contributed by atoms with E-state index < -0.39 is 5.97 Å². The summed E-state index contributed by atoms with van der Waals surface area (Å²) in [5.74, 6) is 1.09. The van der Waals surface area contributed by atoms with Gasteiger partial charge in [0.05, 0.1) is 17.6 Å². The standard InChI is InChI=1S/C33H46N4O4/c1-4-40-33(39)31(35-41-21(2)3)30-32(38)37(29-15-8-7-14-28(29)34-30)27-19-24-12-9-13-25(20-27)36(24)26-17-22-10-5-6-11-23(16-22)18-26/h7-8,14-15,21-27H,4-6,9-13,16-20H2,1-3H3/t22?,23?,24-,25?,26?,27?/m1/s1. The van der Waals surface area contributed by atoms with Crippen molar-refractivity contribution in [1.82, 2.24) is 14.5 Å². The fraction of sp³-hybridized carbons (Fsp3) is 0.697. The Morgan fingerprint density at radius 3 is 2.27 bits per heavy atom. The van der Waals surface area contributed by atoms with Crippen LogP contribution in [0.3, 0.4) is 0 Å². The average Bonchev–Trinajstić information content (AvgIpc) is 3.11. The molecule has 1 aromatic carbocycles. The van der Waals surface area contributed by atoms with Gasteiger partial charge in [0.15, 0.2) is 5.69 Å². The summed E-state index contributed by atoms with van der Waals surface area (Å²) in [4.78, 5) is 40.3. The van der Waals surface area contributed by atoms with Crippen molar-refractivity contribution in [2.24, 2.45) is 17.0 Å². The summed E-state index contributed by atoms with van der Waals surface area (Å²) in [7, 11) is 0. The molecule has 3 heterocycles. The molecule has 8 nitrogen and oxygen atoms in total. The molecule has 222 valence electrons. The van der Waals surface area contributed by atoms with E-state index in [9.17, 15) is 9.59 Å². The number of fused-ring (bicyclic) bond motifs is 5. The lowest BCUT2D eigenvalue weighted by atomic mass is 9.73. The van der Waals surface area contributed by atoms with Gasteiger partial charge in [-0.2, -0.15) is 0 Å². The third-order valence-corrected chi connectivity index (χ3v) is 9.99. The SMILES string of the molecule is CCOC(=O)C(=NOC(C)C)c1nc2ccccc2n(C2CC3CCC[C@H](C2)N3C2CC3CCCCC(C3)C2)c1=O. The summed E-state index contributed by atoms with van der Waals surface area (Å²) in [6.07, 6.45) is 15.1. The van der Waals surface area contributed by atoms with Crippen molar-refractivity contribution in [3.8, 4) is 0 Å². The van der Waals surface area contributed by atoms with Gasteiger partial charge in [-0.1, -0.05) is 49.4 Å². The van der Waals surface area contributed by atoms with Gasteiger partial charge in [-0.05, 0) is 89.7 Å². The normalized spacial score (nSPS) is 30.7. The first-order valence-electron chi connectivity index (χ1n) is 16.1. The number of piperidine rings is 2. The van der Waals surface area contributed by atoms with Gasteiger partial charge in [-0.25, -0.2) is 9.78 Å². The van der Waals surface area contributed by atoms with Crippen LogP contribution in [-0.2, 0) is 14.4 Å². The van der Waals surface area contributed by atoms with Crippen molar-refractivity contribution in [3.63, 3.8) is 0 Å². The molecular formula is C33H46N4O4. The fourth-order valence-corrected chi connectivity index (χ4v) is 8.51. The second kappa shape index (κ2) is 12.2. The van der Waals surface area contributed by atoms with Gasteiger partial charge in [0.25, 0.3) is 5.56 Å². The molecule has 2 aliphatic heterocycles. The minimum Gasteiger partial charge on any atom is -0.461 e. The van der Waals surface area contributed by atoms with E-state index >= 15 is 0 Å². The smallest absolute Gasteiger partial charge is 0.362 e. The number of hydrogen-bond acceptors (Lipinski definition) is 7. The Balaban J connectivity index is 1.36. The van der Waals surface area contributed by atoms with Gasteiger partial charge in [0, 0.05) is 24.2 Å². The lowest BCUT2D eigenvalue weighted by Crippen LogP contribution is -2.58. The highest BCUT2D eigenvalue weighted by molar-refractivity contribution is 6.42. The molecule has 4 bridgehead atoms. The van der Waals surface area contributed by atoms with Crippen molar-refractivity contribution >= 4 is 22.7 Å². The summed E-state index contributed by atoms with van der Waals surface area (Å²) in [6, 6.07) is 9.46. The first-order valence-corrected chi connectivity index (χ1v) is 16.1. The molecule has 1 aromatic heterocycles. The first kappa shape index (κ1) is 28.4. The Morgan fingerprint density at radius 1 is 0.927 bits per heavy atom. The largest absolute Gasteiger partial charge is 0.461 e. The predicted octanol–water partition coefficient (Wildman–Crippen LogP) is 6.01. The molecule has 0 spiro atoms. The third-order valence-electron chi connectivity index (χ3n) is 9.99. The lowest BCUT2D eigenvalue weighted by Gasteiger charge is -2.54. The van der Waals surface area contributed by atoms with Gasteiger partial charge in [-0.3, -0.25) is 9.69 Å². The number of carbonyl (C=O) groups is 1. The van der Waals surface area contributed by atoms with Crippen molar-refractivity contribution in [2.75, 3.05) is 6.61 Å². The van der Waals surface area contributed by atoms with Crippen LogP contribution in [0.15, 0.2) is 34.2 Å². The Hall–Kier alpha value is -2.74. The van der Waals surface area contributed by atoms with Crippen LogP contribution in [0, 0.1) is 11.8 Å². The molecule has 0 N–H and O–H groups in total. The highest BCUT2D eigenvalue weighted by Crippen LogP contribution is 2.47. The molecule has 2 aromatic rings. The zero-order valence-corrected chi connectivity index (χ0v) is 25.0. The number of nitrogens with zero attached hydrogens (tertiary/aromatic N) is 4. The third kappa shape index (κ3) is 5.81. The average molecular weight is 563 g/mol. The maximum atomic E-state index is 14.3. The summed E-state index contributed by atoms with van der Waals surface area (Å²) in [5.41, 5.74) is 1.05. The number of benzene rings is 1. The summed E-state index contributed by atoms with van der Waals surface area (Å²) in [6.45, 7) is 5.56. The highest BCUT2D eigenvalue weighted by atomic mass is 16.6. The van der Waals surface area contributed by atoms with E-state index in [4.69, 9.17) is 9.57 Å². The topological polar surface area (TPSA) is 86.0 Å². The minimum absolute atomic E-state index is 0.00625. The monoisotopic (exact) mass is 562 g/mol. The molecule has 6 rings (SSSR count). The molecule has 0 amide bonds. The van der Waals surface area contributed by atoms with Crippen LogP contribution < -0.4 is 5.56 Å². The molecule has 0 radical (unpaired) electrons. The Labute approximate surface area is 243 Å². The molecule has 41 heavy (non-hydrogen) atoms. The molecule has 4 fully saturated rings. The number of oxime groups is 1. The van der Waals surface area contributed by atoms with Crippen molar-refractivity contribution < 1.29 is 14.4 Å². The maximum Gasteiger partial charge on any atom is 0.362 e. The quantitative estimate of drug-likeness (QED) is 0.234. The van der Waals surface area contributed by atoms with Crippen LogP contribution in [0.25, 0.3) is 11.0 Å². The molecule has 2 saturated heterocycles. The second-order valence-electron chi connectivity index (χ2n) is 13.1. The van der Waals surface area contributed by atoms with Crippen molar-refractivity contribution in [1.29, 1.82) is 0 Å². The van der Waals surface area contributed by atoms with Crippen LogP contribution in [0.1, 0.15) is 110 Å². The van der Waals surface area contributed by atoms with Crippen LogP contribution >= 0.6 is 0 Å². The van der Waals surface area contributed by atoms with E-state index in [1.165, 1.54) is 64.2 Å². The van der Waals surface area contributed by atoms with E-state index in [1.807, 2.05) is 42.7 Å². The number of hydrogen-bond donors (Lipinski definition) is 0. The predicted molar refractivity (Wildman–Crippen MR) is 160 cm³/mol. The molecule has 2 aliphatic carbocycles. The fourth-order valence-electron chi connectivity index (χ4n) is 8.51. The lowest BCUT2D eigenvalue weighted by molar-refractivity contribution is -0.135. The van der Waals surface area contributed by atoms with Crippen molar-refractivity contribution in [3.05, 3.63) is 40.3 Å². The molecule has 5 atom stereocenters. The number of rotatable bonds is 7. The van der Waals surface area contributed by atoms with Gasteiger partial charge < -0.3 is 14.1 Å². The zero-order valence-electron chi connectivity index (χ0n) is 25.0. The summed E-state index contributed by atoms with van der Waals surface area (Å²) in [5, 5.41) is 4.09. The minimum atomic E-state index is -0.690. The van der Waals surface area contributed by atoms with Crippen LogP contribution in [0.4, 0.5) is 0 Å².